The maximum Gasteiger partial charge on any atom is 0.296 e. The van der Waals surface area contributed by atoms with Gasteiger partial charge >= 0.3 is 0 Å². The standard InChI is InChI=1S/C19H32N4O3S/c1-11(2)10-23-9-8-14-12(3)15(22-27(20,25)26)13(4)16(17(14)23)21-18(24)19(5,6)7/h11,22H,8-10H2,1-7H3,(H,21,24)(H2,20,25,26). The van der Waals surface area contributed by atoms with E-state index in [0.717, 1.165) is 36.3 Å². The number of carbonyl (C=O) groups is 1. The first-order valence-electron chi connectivity index (χ1n) is 9.25. The van der Waals surface area contributed by atoms with Gasteiger partial charge in [0, 0.05) is 18.5 Å². The molecule has 1 heterocycles. The minimum atomic E-state index is -3.92. The number of nitrogens with two attached hydrogens (primary N) is 1. The van der Waals surface area contributed by atoms with Crippen molar-refractivity contribution in [1.82, 2.24) is 0 Å². The molecule has 0 spiro atoms. The highest BCUT2D eigenvalue weighted by Gasteiger charge is 2.32. The number of amides is 1. The Bertz CT molecular complexity index is 855. The monoisotopic (exact) mass is 396 g/mol. The second-order valence-corrected chi connectivity index (χ2v) is 10.1. The zero-order valence-electron chi connectivity index (χ0n) is 17.4. The molecule has 7 nitrogen and oxygen atoms in total. The number of benzene rings is 1. The Balaban J connectivity index is 2.68. The zero-order chi connectivity index (χ0) is 20.7. The summed E-state index contributed by atoms with van der Waals surface area (Å²) in [5.74, 6) is 0.347. The highest BCUT2D eigenvalue weighted by atomic mass is 32.2. The lowest BCUT2D eigenvalue weighted by Gasteiger charge is -2.29. The number of anilines is 3. The molecule has 1 amide bonds. The molecule has 0 atom stereocenters. The van der Waals surface area contributed by atoms with Crippen LogP contribution in [0.2, 0.25) is 0 Å². The van der Waals surface area contributed by atoms with E-state index in [1.54, 1.807) is 0 Å². The summed E-state index contributed by atoms with van der Waals surface area (Å²) in [6.45, 7) is 15.3. The van der Waals surface area contributed by atoms with E-state index < -0.39 is 15.6 Å². The summed E-state index contributed by atoms with van der Waals surface area (Å²) in [6.07, 6.45) is 0.797. The van der Waals surface area contributed by atoms with Crippen LogP contribution in [0.4, 0.5) is 17.1 Å². The van der Waals surface area contributed by atoms with Crippen LogP contribution in [-0.2, 0) is 21.4 Å². The highest BCUT2D eigenvalue weighted by molar-refractivity contribution is 7.90. The normalized spacial score (nSPS) is 14.5. The molecule has 0 bridgehead atoms. The van der Waals surface area contributed by atoms with E-state index in [1.807, 2.05) is 34.6 Å². The maximum absolute atomic E-state index is 12.7. The summed E-state index contributed by atoms with van der Waals surface area (Å²) < 4.78 is 25.8. The van der Waals surface area contributed by atoms with Crippen molar-refractivity contribution in [2.45, 2.75) is 54.9 Å². The number of fused-ring (bicyclic) bond motifs is 1. The largest absolute Gasteiger partial charge is 0.369 e. The van der Waals surface area contributed by atoms with Gasteiger partial charge in [-0.1, -0.05) is 34.6 Å². The molecule has 8 heteroatoms. The van der Waals surface area contributed by atoms with Gasteiger partial charge < -0.3 is 10.2 Å². The van der Waals surface area contributed by atoms with Crippen LogP contribution < -0.4 is 20.1 Å². The molecule has 0 aliphatic carbocycles. The van der Waals surface area contributed by atoms with E-state index in [-0.39, 0.29) is 5.91 Å². The van der Waals surface area contributed by atoms with Crippen LogP contribution in [0.25, 0.3) is 0 Å². The number of hydrogen-bond donors (Lipinski definition) is 3. The van der Waals surface area contributed by atoms with E-state index in [4.69, 9.17) is 5.14 Å². The lowest BCUT2D eigenvalue weighted by Crippen LogP contribution is -2.31. The van der Waals surface area contributed by atoms with Crippen molar-refractivity contribution in [3.05, 3.63) is 16.7 Å². The van der Waals surface area contributed by atoms with Gasteiger partial charge in [0.2, 0.25) is 5.91 Å². The summed E-state index contributed by atoms with van der Waals surface area (Å²) in [5.41, 5.74) is 4.13. The second-order valence-electron chi connectivity index (χ2n) is 8.77. The van der Waals surface area contributed by atoms with Gasteiger partial charge in [-0.2, -0.15) is 8.42 Å². The number of hydrogen-bond acceptors (Lipinski definition) is 4. The van der Waals surface area contributed by atoms with Crippen LogP contribution in [0.1, 0.15) is 51.3 Å². The predicted molar refractivity (Wildman–Crippen MR) is 111 cm³/mol. The maximum atomic E-state index is 12.7. The molecular weight excluding hydrogens is 364 g/mol. The first-order valence-corrected chi connectivity index (χ1v) is 10.8. The predicted octanol–water partition coefficient (Wildman–Crippen LogP) is 2.92. The number of nitrogens with one attached hydrogen (secondary N) is 2. The number of rotatable bonds is 5. The number of nitrogens with zero attached hydrogens (tertiary/aromatic N) is 1. The Morgan fingerprint density at radius 1 is 1.19 bits per heavy atom. The Labute approximate surface area is 162 Å². The van der Waals surface area contributed by atoms with Gasteiger partial charge in [0.05, 0.1) is 17.1 Å². The summed E-state index contributed by atoms with van der Waals surface area (Å²) in [5, 5.41) is 8.28. The molecular formula is C19H32N4O3S. The molecule has 0 radical (unpaired) electrons. The first kappa shape index (κ1) is 21.5. The molecule has 1 aromatic rings. The van der Waals surface area contributed by atoms with Crippen LogP contribution in [-0.4, -0.2) is 27.4 Å². The smallest absolute Gasteiger partial charge is 0.296 e. The minimum Gasteiger partial charge on any atom is -0.369 e. The summed E-state index contributed by atoms with van der Waals surface area (Å²) >= 11 is 0. The molecule has 27 heavy (non-hydrogen) atoms. The third-order valence-corrected chi connectivity index (χ3v) is 5.29. The van der Waals surface area contributed by atoms with E-state index >= 15 is 0 Å². The molecule has 1 aliphatic heterocycles. The fourth-order valence-corrected chi connectivity index (χ4v) is 4.04. The number of carbonyl (C=O) groups excluding carboxylic acids is 1. The van der Waals surface area contributed by atoms with Crippen molar-refractivity contribution in [1.29, 1.82) is 0 Å². The van der Waals surface area contributed by atoms with Gasteiger partial charge in [-0.05, 0) is 42.9 Å². The van der Waals surface area contributed by atoms with Crippen molar-refractivity contribution >= 4 is 33.2 Å². The minimum absolute atomic E-state index is 0.116. The Kier molecular flexibility index (Phi) is 5.82. The quantitative estimate of drug-likeness (QED) is 0.712. The average molecular weight is 397 g/mol. The van der Waals surface area contributed by atoms with Crippen molar-refractivity contribution in [2.24, 2.45) is 16.5 Å². The van der Waals surface area contributed by atoms with Gasteiger partial charge in [-0.15, -0.1) is 0 Å². The summed E-state index contributed by atoms with van der Waals surface area (Å²) in [7, 11) is -3.92. The third kappa shape index (κ3) is 4.73. The lowest BCUT2D eigenvalue weighted by molar-refractivity contribution is -0.123. The van der Waals surface area contributed by atoms with Gasteiger partial charge in [-0.3, -0.25) is 9.52 Å². The topological polar surface area (TPSA) is 105 Å². The van der Waals surface area contributed by atoms with Crippen molar-refractivity contribution < 1.29 is 13.2 Å². The molecule has 0 unspecified atom stereocenters. The van der Waals surface area contributed by atoms with Gasteiger partial charge in [0.1, 0.15) is 0 Å². The molecule has 0 saturated carbocycles. The van der Waals surface area contributed by atoms with Gasteiger partial charge in [0.25, 0.3) is 10.2 Å². The Morgan fingerprint density at radius 2 is 1.78 bits per heavy atom. The van der Waals surface area contributed by atoms with E-state index in [1.165, 1.54) is 0 Å². The lowest BCUT2D eigenvalue weighted by atomic mass is 9.93. The summed E-state index contributed by atoms with van der Waals surface area (Å²) in [4.78, 5) is 15.0. The van der Waals surface area contributed by atoms with Gasteiger partial charge in [0.15, 0.2) is 0 Å². The fourth-order valence-electron chi connectivity index (χ4n) is 3.45. The first-order chi connectivity index (χ1) is 12.2. The van der Waals surface area contributed by atoms with E-state index in [0.29, 0.717) is 22.9 Å². The van der Waals surface area contributed by atoms with Crippen molar-refractivity contribution in [2.75, 3.05) is 28.0 Å². The molecule has 2 rings (SSSR count). The van der Waals surface area contributed by atoms with E-state index in [2.05, 4.69) is 28.8 Å². The van der Waals surface area contributed by atoms with Crippen LogP contribution in [0, 0.1) is 25.2 Å². The van der Waals surface area contributed by atoms with Gasteiger partial charge in [-0.25, -0.2) is 5.14 Å². The average Bonchev–Trinajstić information content (AvgIpc) is 2.88. The summed E-state index contributed by atoms with van der Waals surface area (Å²) in [6, 6.07) is 0. The van der Waals surface area contributed by atoms with Crippen molar-refractivity contribution in [3.8, 4) is 0 Å². The van der Waals surface area contributed by atoms with Crippen LogP contribution >= 0.6 is 0 Å². The fraction of sp³-hybridized carbons (Fsp3) is 0.632. The zero-order valence-corrected chi connectivity index (χ0v) is 18.2. The molecule has 152 valence electrons. The van der Waals surface area contributed by atoms with Crippen LogP contribution in [0.3, 0.4) is 0 Å². The Hall–Kier alpha value is -1.80. The van der Waals surface area contributed by atoms with Crippen LogP contribution in [0.5, 0.6) is 0 Å². The Morgan fingerprint density at radius 3 is 2.26 bits per heavy atom. The molecule has 1 aliphatic rings. The third-order valence-electron chi connectivity index (χ3n) is 4.80. The second kappa shape index (κ2) is 7.31. The van der Waals surface area contributed by atoms with E-state index in [9.17, 15) is 13.2 Å². The van der Waals surface area contributed by atoms with Crippen molar-refractivity contribution in [3.63, 3.8) is 0 Å². The molecule has 0 fully saturated rings. The molecule has 0 saturated heterocycles. The molecule has 1 aromatic carbocycles. The highest BCUT2D eigenvalue weighted by Crippen LogP contribution is 2.45. The molecule has 4 N–H and O–H groups in total. The molecule has 0 aromatic heterocycles. The SMILES string of the molecule is Cc1c2c(c(NC(=O)C(C)(C)C)c(C)c1NS(N)(=O)=O)N(CC(C)C)CC2. The van der Waals surface area contributed by atoms with Crippen LogP contribution in [0.15, 0.2) is 0 Å².